The molecule has 1 N–H and O–H groups in total. The standard InChI is InChI=1S/C19H16N4O2S/c1-23-11-20-13-8-7-12(9-15(13)23)10-17-18(24)22-19(26-17)21-14-5-3-4-6-16(14)25-2/h3-11H,1-2H3,(H,21,22,24)/b17-10+. The molecule has 2 aromatic carbocycles. The van der Waals surface area contributed by atoms with Crippen LogP contribution in [0.4, 0.5) is 5.69 Å². The molecular formula is C19H16N4O2S. The van der Waals surface area contributed by atoms with Crippen LogP contribution < -0.4 is 10.1 Å². The molecule has 0 bridgehead atoms. The third kappa shape index (κ3) is 3.09. The first-order valence-electron chi connectivity index (χ1n) is 7.98. The van der Waals surface area contributed by atoms with E-state index in [4.69, 9.17) is 4.74 Å². The molecule has 0 spiro atoms. The Morgan fingerprint density at radius 2 is 2.12 bits per heavy atom. The number of para-hydroxylation sites is 2. The van der Waals surface area contributed by atoms with Crippen molar-refractivity contribution in [3.63, 3.8) is 0 Å². The first-order valence-corrected chi connectivity index (χ1v) is 8.79. The average molecular weight is 364 g/mol. The molecule has 130 valence electrons. The van der Waals surface area contributed by atoms with Gasteiger partial charge < -0.3 is 14.6 Å². The third-order valence-corrected chi connectivity index (χ3v) is 4.92. The summed E-state index contributed by atoms with van der Waals surface area (Å²) in [6.07, 6.45) is 3.63. The Labute approximate surface area is 154 Å². The van der Waals surface area contributed by atoms with Crippen molar-refractivity contribution in [1.29, 1.82) is 0 Å². The van der Waals surface area contributed by atoms with Gasteiger partial charge in [-0.1, -0.05) is 18.2 Å². The number of aliphatic imine (C=N–C) groups is 1. The van der Waals surface area contributed by atoms with E-state index in [-0.39, 0.29) is 5.91 Å². The summed E-state index contributed by atoms with van der Waals surface area (Å²) in [4.78, 5) is 21.7. The minimum absolute atomic E-state index is 0.159. The largest absolute Gasteiger partial charge is 0.494 e. The number of nitrogens with one attached hydrogen (secondary N) is 1. The number of aryl methyl sites for hydroxylation is 1. The molecule has 0 atom stereocenters. The van der Waals surface area contributed by atoms with Gasteiger partial charge in [-0.05, 0) is 47.7 Å². The molecule has 4 rings (SSSR count). The van der Waals surface area contributed by atoms with Crippen LogP contribution in [0.25, 0.3) is 17.1 Å². The van der Waals surface area contributed by atoms with Gasteiger partial charge in [-0.3, -0.25) is 4.79 Å². The third-order valence-electron chi connectivity index (χ3n) is 4.01. The van der Waals surface area contributed by atoms with Crippen LogP contribution in [0.15, 0.2) is 58.7 Å². The molecule has 1 aliphatic rings. The number of thioether (sulfide) groups is 1. The van der Waals surface area contributed by atoms with Gasteiger partial charge in [0.05, 0.1) is 29.4 Å². The van der Waals surface area contributed by atoms with E-state index in [1.165, 1.54) is 11.8 Å². The molecule has 1 aliphatic heterocycles. The van der Waals surface area contributed by atoms with Crippen molar-refractivity contribution < 1.29 is 9.53 Å². The van der Waals surface area contributed by atoms with E-state index in [0.717, 1.165) is 16.6 Å². The molecule has 3 aromatic rings. The van der Waals surface area contributed by atoms with Crippen LogP contribution in [0.1, 0.15) is 5.56 Å². The number of imidazole rings is 1. The zero-order valence-electron chi connectivity index (χ0n) is 14.3. The van der Waals surface area contributed by atoms with Crippen LogP contribution in [0.5, 0.6) is 5.75 Å². The smallest absolute Gasteiger partial charge is 0.264 e. The summed E-state index contributed by atoms with van der Waals surface area (Å²) in [6.45, 7) is 0. The number of carbonyl (C=O) groups is 1. The molecule has 0 aliphatic carbocycles. The van der Waals surface area contributed by atoms with Gasteiger partial charge >= 0.3 is 0 Å². The molecule has 6 nitrogen and oxygen atoms in total. The van der Waals surface area contributed by atoms with Crippen molar-refractivity contribution in [2.75, 3.05) is 7.11 Å². The summed E-state index contributed by atoms with van der Waals surface area (Å²) >= 11 is 1.31. The van der Waals surface area contributed by atoms with Gasteiger partial charge in [0.2, 0.25) is 0 Å². The average Bonchev–Trinajstić information content (AvgIpc) is 3.18. The van der Waals surface area contributed by atoms with E-state index in [1.54, 1.807) is 13.4 Å². The van der Waals surface area contributed by atoms with Gasteiger partial charge in [0.25, 0.3) is 5.91 Å². The fraction of sp³-hybridized carbons (Fsp3) is 0.105. The summed E-state index contributed by atoms with van der Waals surface area (Å²) in [7, 11) is 3.54. The summed E-state index contributed by atoms with van der Waals surface area (Å²) < 4.78 is 7.25. The van der Waals surface area contributed by atoms with E-state index in [0.29, 0.717) is 21.5 Å². The maximum Gasteiger partial charge on any atom is 0.264 e. The van der Waals surface area contributed by atoms with Crippen molar-refractivity contribution in [3.05, 3.63) is 59.3 Å². The number of hydrogen-bond acceptors (Lipinski definition) is 5. The molecular weight excluding hydrogens is 348 g/mol. The highest BCUT2D eigenvalue weighted by Crippen LogP contribution is 2.32. The number of rotatable bonds is 3. The van der Waals surface area contributed by atoms with Gasteiger partial charge in [-0.15, -0.1) is 0 Å². The number of ether oxygens (including phenoxy) is 1. The molecule has 1 saturated heterocycles. The zero-order chi connectivity index (χ0) is 18.1. The molecule has 0 radical (unpaired) electrons. The molecule has 0 saturated carbocycles. The van der Waals surface area contributed by atoms with Crippen molar-refractivity contribution >= 4 is 45.6 Å². The molecule has 2 heterocycles. The summed E-state index contributed by atoms with van der Waals surface area (Å²) in [5.74, 6) is 0.502. The summed E-state index contributed by atoms with van der Waals surface area (Å²) in [5.41, 5.74) is 3.56. The second-order valence-corrected chi connectivity index (χ2v) is 6.79. The van der Waals surface area contributed by atoms with Crippen LogP contribution in [-0.2, 0) is 11.8 Å². The molecule has 1 fully saturated rings. The minimum Gasteiger partial charge on any atom is -0.494 e. The molecule has 1 aromatic heterocycles. The second-order valence-electron chi connectivity index (χ2n) is 5.76. The lowest BCUT2D eigenvalue weighted by Gasteiger charge is -2.03. The van der Waals surface area contributed by atoms with Crippen LogP contribution in [0, 0.1) is 0 Å². The number of amides is 1. The van der Waals surface area contributed by atoms with Gasteiger partial charge in [-0.2, -0.15) is 0 Å². The van der Waals surface area contributed by atoms with Crippen molar-refractivity contribution in [3.8, 4) is 5.75 Å². The maximum absolute atomic E-state index is 12.3. The Hall–Kier alpha value is -3.06. The molecule has 1 amide bonds. The van der Waals surface area contributed by atoms with Crippen molar-refractivity contribution in [2.24, 2.45) is 12.0 Å². The lowest BCUT2D eigenvalue weighted by molar-refractivity contribution is -0.115. The van der Waals surface area contributed by atoms with E-state index >= 15 is 0 Å². The second kappa shape index (κ2) is 6.68. The quantitative estimate of drug-likeness (QED) is 0.723. The maximum atomic E-state index is 12.3. The van der Waals surface area contributed by atoms with Crippen LogP contribution in [0.3, 0.4) is 0 Å². The lowest BCUT2D eigenvalue weighted by Crippen LogP contribution is -2.19. The number of amidine groups is 1. The Morgan fingerprint density at radius 1 is 1.27 bits per heavy atom. The number of carbonyl (C=O) groups excluding carboxylic acids is 1. The van der Waals surface area contributed by atoms with Crippen LogP contribution >= 0.6 is 11.8 Å². The minimum atomic E-state index is -0.159. The molecule has 26 heavy (non-hydrogen) atoms. The SMILES string of the molecule is COc1ccccc1N=C1NC(=O)/C(=C\c2ccc3ncn(C)c3c2)S1. The van der Waals surface area contributed by atoms with Crippen molar-refractivity contribution in [1.82, 2.24) is 14.9 Å². The molecule has 7 heteroatoms. The number of methoxy groups -OCH3 is 1. The van der Waals surface area contributed by atoms with E-state index in [2.05, 4.69) is 15.3 Å². The fourth-order valence-electron chi connectivity index (χ4n) is 2.70. The number of nitrogens with zero attached hydrogens (tertiary/aromatic N) is 3. The van der Waals surface area contributed by atoms with E-state index in [1.807, 2.05) is 60.2 Å². The van der Waals surface area contributed by atoms with E-state index < -0.39 is 0 Å². The van der Waals surface area contributed by atoms with Gasteiger partial charge in [0.15, 0.2) is 5.17 Å². The van der Waals surface area contributed by atoms with Crippen LogP contribution in [-0.4, -0.2) is 27.7 Å². The summed E-state index contributed by atoms with van der Waals surface area (Å²) in [5, 5.41) is 3.33. The van der Waals surface area contributed by atoms with Gasteiger partial charge in [0, 0.05) is 7.05 Å². The number of fused-ring (bicyclic) bond motifs is 1. The monoisotopic (exact) mass is 364 g/mol. The number of hydrogen-bond donors (Lipinski definition) is 1. The van der Waals surface area contributed by atoms with Gasteiger partial charge in [0.1, 0.15) is 11.4 Å². The normalized spacial score (nSPS) is 17.2. The number of benzene rings is 2. The first-order chi connectivity index (χ1) is 12.6. The zero-order valence-corrected chi connectivity index (χ0v) is 15.1. The first kappa shape index (κ1) is 16.4. The Balaban J connectivity index is 1.63. The molecule has 0 unspecified atom stereocenters. The highest BCUT2D eigenvalue weighted by molar-refractivity contribution is 8.18. The van der Waals surface area contributed by atoms with Crippen molar-refractivity contribution in [2.45, 2.75) is 0 Å². The Morgan fingerprint density at radius 3 is 2.96 bits per heavy atom. The number of aromatic nitrogens is 2. The van der Waals surface area contributed by atoms with Crippen LogP contribution in [0.2, 0.25) is 0 Å². The highest BCUT2D eigenvalue weighted by Gasteiger charge is 2.24. The van der Waals surface area contributed by atoms with Gasteiger partial charge in [-0.25, -0.2) is 9.98 Å². The fourth-order valence-corrected chi connectivity index (χ4v) is 3.53. The van der Waals surface area contributed by atoms with E-state index in [9.17, 15) is 4.79 Å². The Bertz CT molecular complexity index is 1070. The lowest BCUT2D eigenvalue weighted by atomic mass is 10.2. The highest BCUT2D eigenvalue weighted by atomic mass is 32.2. The topological polar surface area (TPSA) is 68.5 Å². The predicted molar refractivity (Wildman–Crippen MR) is 105 cm³/mol. The summed E-state index contributed by atoms with van der Waals surface area (Å²) in [6, 6.07) is 13.3. The Kier molecular flexibility index (Phi) is 4.22. The predicted octanol–water partition coefficient (Wildman–Crippen LogP) is 3.47.